The van der Waals surface area contributed by atoms with Crippen molar-refractivity contribution in [3.63, 3.8) is 0 Å². The third-order valence-corrected chi connectivity index (χ3v) is 6.28. The second-order valence-electron chi connectivity index (χ2n) is 8.59. The molecule has 37 heavy (non-hydrogen) atoms. The van der Waals surface area contributed by atoms with Crippen molar-refractivity contribution < 1.29 is 14.3 Å². The summed E-state index contributed by atoms with van der Waals surface area (Å²) < 4.78 is 12.9. The zero-order chi connectivity index (χ0) is 25.8. The number of methoxy groups -OCH3 is 1. The molecular formula is C31H26N2O4. The molecule has 6 nitrogen and oxygen atoms in total. The molecule has 0 fully saturated rings. The Morgan fingerprint density at radius 2 is 1.49 bits per heavy atom. The molecule has 4 aromatic carbocycles. The minimum Gasteiger partial charge on any atom is -0.497 e. The van der Waals surface area contributed by atoms with Crippen molar-refractivity contribution in [1.29, 1.82) is 0 Å². The second-order valence-corrected chi connectivity index (χ2v) is 8.59. The van der Waals surface area contributed by atoms with Crippen LogP contribution in [0.3, 0.4) is 0 Å². The maximum Gasteiger partial charge on any atom is 0.258 e. The topological polar surface area (TPSA) is 69.6 Å². The first-order valence-corrected chi connectivity index (χ1v) is 11.9. The van der Waals surface area contributed by atoms with Gasteiger partial charge in [0.1, 0.15) is 17.2 Å². The minimum absolute atomic E-state index is 0.139. The van der Waals surface area contributed by atoms with Crippen molar-refractivity contribution in [3.05, 3.63) is 125 Å². The summed E-state index contributed by atoms with van der Waals surface area (Å²) in [6, 6.07) is 31.7. The van der Waals surface area contributed by atoms with Gasteiger partial charge in [0, 0.05) is 34.6 Å². The van der Waals surface area contributed by atoms with E-state index < -0.39 is 0 Å². The molecule has 0 spiro atoms. The Bertz CT molecular complexity index is 1630. The molecule has 0 saturated carbocycles. The van der Waals surface area contributed by atoms with Gasteiger partial charge in [-0.05, 0) is 54.1 Å². The van der Waals surface area contributed by atoms with Crippen LogP contribution >= 0.6 is 0 Å². The number of carbonyl (C=O) groups is 1. The van der Waals surface area contributed by atoms with E-state index in [2.05, 4.69) is 5.32 Å². The monoisotopic (exact) mass is 490 g/mol. The quantitative estimate of drug-likeness (QED) is 0.307. The summed E-state index contributed by atoms with van der Waals surface area (Å²) in [6.07, 6.45) is 0. The molecule has 1 heterocycles. The summed E-state index contributed by atoms with van der Waals surface area (Å²) >= 11 is 0. The van der Waals surface area contributed by atoms with E-state index in [1.807, 2.05) is 66.7 Å². The summed E-state index contributed by atoms with van der Waals surface area (Å²) in [4.78, 5) is 26.4. The van der Waals surface area contributed by atoms with Crippen LogP contribution < -0.4 is 20.3 Å². The summed E-state index contributed by atoms with van der Waals surface area (Å²) in [5.74, 6) is 1.64. The fourth-order valence-corrected chi connectivity index (χ4v) is 4.40. The number of hydrogen-bond acceptors (Lipinski definition) is 4. The molecule has 1 amide bonds. The third-order valence-electron chi connectivity index (χ3n) is 6.28. The van der Waals surface area contributed by atoms with Gasteiger partial charge in [0.05, 0.1) is 13.7 Å². The van der Waals surface area contributed by atoms with Crippen molar-refractivity contribution in [3.8, 4) is 28.4 Å². The van der Waals surface area contributed by atoms with Crippen LogP contribution in [0.25, 0.3) is 21.9 Å². The zero-order valence-electron chi connectivity index (χ0n) is 20.6. The van der Waals surface area contributed by atoms with E-state index in [1.165, 1.54) is 0 Å². The summed E-state index contributed by atoms with van der Waals surface area (Å²) in [5, 5.41) is 4.35. The van der Waals surface area contributed by atoms with Crippen molar-refractivity contribution in [2.24, 2.45) is 7.05 Å². The SMILES string of the molecule is COc1ccc2c(=O)n(C)c(CNC(=O)c3cccc(Oc4ccccc4)c3)c(-c3ccccc3)c2c1. The number of pyridine rings is 1. The molecule has 0 saturated heterocycles. The fourth-order valence-electron chi connectivity index (χ4n) is 4.40. The van der Waals surface area contributed by atoms with E-state index in [1.54, 1.807) is 55.1 Å². The molecule has 6 heteroatoms. The average molecular weight is 491 g/mol. The van der Waals surface area contributed by atoms with E-state index in [0.717, 1.165) is 16.5 Å². The smallest absolute Gasteiger partial charge is 0.258 e. The Balaban J connectivity index is 1.50. The number of amides is 1. The highest BCUT2D eigenvalue weighted by molar-refractivity contribution is 5.99. The van der Waals surface area contributed by atoms with Crippen LogP contribution in [0.1, 0.15) is 16.1 Å². The van der Waals surface area contributed by atoms with E-state index in [-0.39, 0.29) is 18.0 Å². The first-order chi connectivity index (χ1) is 18.0. The Hall–Kier alpha value is -4.84. The van der Waals surface area contributed by atoms with Crippen LogP contribution in [0, 0.1) is 0 Å². The second kappa shape index (κ2) is 10.4. The number of para-hydroxylation sites is 1. The van der Waals surface area contributed by atoms with E-state index >= 15 is 0 Å². The zero-order valence-corrected chi connectivity index (χ0v) is 20.6. The molecule has 0 aliphatic heterocycles. The Kier molecular flexibility index (Phi) is 6.72. The predicted octanol–water partition coefficient (Wildman–Crippen LogP) is 5.94. The van der Waals surface area contributed by atoms with Crippen LogP contribution in [0.15, 0.2) is 108 Å². The normalized spacial score (nSPS) is 10.8. The van der Waals surface area contributed by atoms with Gasteiger partial charge in [-0.25, -0.2) is 0 Å². The average Bonchev–Trinajstić information content (AvgIpc) is 2.95. The molecule has 0 bridgehead atoms. The van der Waals surface area contributed by atoms with E-state index in [9.17, 15) is 9.59 Å². The van der Waals surface area contributed by atoms with Crippen LogP contribution in [0.4, 0.5) is 0 Å². The van der Waals surface area contributed by atoms with Crippen molar-refractivity contribution in [2.45, 2.75) is 6.54 Å². The van der Waals surface area contributed by atoms with Crippen LogP contribution in [0.2, 0.25) is 0 Å². The van der Waals surface area contributed by atoms with E-state index in [0.29, 0.717) is 33.9 Å². The molecule has 0 aliphatic rings. The molecule has 1 aromatic heterocycles. The lowest BCUT2D eigenvalue weighted by Crippen LogP contribution is -2.29. The van der Waals surface area contributed by atoms with Gasteiger partial charge < -0.3 is 19.4 Å². The first-order valence-electron chi connectivity index (χ1n) is 11.9. The van der Waals surface area contributed by atoms with Gasteiger partial charge in [-0.15, -0.1) is 0 Å². The number of benzene rings is 4. The standard InChI is InChI=1S/C31H26N2O4/c1-33-28(20-32-30(34)22-12-9-15-25(18-22)37-23-13-7-4-8-14-23)29(21-10-5-3-6-11-21)27-19-24(36-2)16-17-26(27)31(33)35/h3-19H,20H2,1-2H3,(H,32,34). The minimum atomic E-state index is -0.268. The predicted molar refractivity (Wildman–Crippen MR) is 145 cm³/mol. The molecule has 0 atom stereocenters. The van der Waals surface area contributed by atoms with E-state index in [4.69, 9.17) is 9.47 Å². The number of rotatable bonds is 7. The summed E-state index contributed by atoms with van der Waals surface area (Å²) in [7, 11) is 3.33. The highest BCUT2D eigenvalue weighted by Gasteiger charge is 2.18. The Morgan fingerprint density at radius 1 is 0.784 bits per heavy atom. The van der Waals surface area contributed by atoms with Gasteiger partial charge in [-0.2, -0.15) is 0 Å². The number of nitrogens with one attached hydrogen (secondary N) is 1. The van der Waals surface area contributed by atoms with Gasteiger partial charge in [0.25, 0.3) is 11.5 Å². The molecular weight excluding hydrogens is 464 g/mol. The number of fused-ring (bicyclic) bond motifs is 1. The van der Waals surface area contributed by atoms with Gasteiger partial charge in [-0.3, -0.25) is 9.59 Å². The van der Waals surface area contributed by atoms with Crippen molar-refractivity contribution >= 4 is 16.7 Å². The molecule has 1 N–H and O–H groups in total. The van der Waals surface area contributed by atoms with Gasteiger partial charge in [0.2, 0.25) is 0 Å². The summed E-state index contributed by atoms with van der Waals surface area (Å²) in [5.41, 5.74) is 2.83. The number of hydrogen-bond donors (Lipinski definition) is 1. The van der Waals surface area contributed by atoms with Gasteiger partial charge >= 0.3 is 0 Å². The van der Waals surface area contributed by atoms with Crippen LogP contribution in [0.5, 0.6) is 17.2 Å². The van der Waals surface area contributed by atoms with Crippen LogP contribution in [-0.4, -0.2) is 17.6 Å². The molecule has 5 rings (SSSR count). The molecule has 184 valence electrons. The molecule has 0 aliphatic carbocycles. The maximum absolute atomic E-state index is 13.3. The van der Waals surface area contributed by atoms with Crippen LogP contribution in [-0.2, 0) is 13.6 Å². The van der Waals surface area contributed by atoms with Gasteiger partial charge in [-0.1, -0.05) is 54.6 Å². The number of ether oxygens (including phenoxy) is 2. The largest absolute Gasteiger partial charge is 0.497 e. The van der Waals surface area contributed by atoms with Crippen molar-refractivity contribution in [2.75, 3.05) is 7.11 Å². The Labute approximate surface area is 214 Å². The molecule has 0 radical (unpaired) electrons. The fraction of sp³-hybridized carbons (Fsp3) is 0.0968. The highest BCUT2D eigenvalue weighted by Crippen LogP contribution is 2.32. The molecule has 5 aromatic rings. The lowest BCUT2D eigenvalue weighted by molar-refractivity contribution is 0.0950. The third kappa shape index (κ3) is 4.95. The number of nitrogens with zero attached hydrogens (tertiary/aromatic N) is 1. The number of carbonyl (C=O) groups excluding carboxylic acids is 1. The highest BCUT2D eigenvalue weighted by atomic mass is 16.5. The molecule has 0 unspecified atom stereocenters. The summed E-state index contributed by atoms with van der Waals surface area (Å²) in [6.45, 7) is 0.158. The lowest BCUT2D eigenvalue weighted by Gasteiger charge is -2.19. The number of aromatic nitrogens is 1. The van der Waals surface area contributed by atoms with Gasteiger partial charge in [0.15, 0.2) is 0 Å². The lowest BCUT2D eigenvalue weighted by atomic mass is 9.96. The van der Waals surface area contributed by atoms with Crippen molar-refractivity contribution in [1.82, 2.24) is 9.88 Å². The maximum atomic E-state index is 13.3. The Morgan fingerprint density at radius 3 is 2.22 bits per heavy atom. The first kappa shape index (κ1) is 23.9.